The van der Waals surface area contributed by atoms with Gasteiger partial charge in [0.15, 0.2) is 5.78 Å². The first-order valence-electron chi connectivity index (χ1n) is 10.2. The summed E-state index contributed by atoms with van der Waals surface area (Å²) in [6, 6.07) is 17.9. The number of ether oxygens (including phenoxy) is 2. The quantitative estimate of drug-likeness (QED) is 0.784. The van der Waals surface area contributed by atoms with Crippen molar-refractivity contribution in [1.29, 1.82) is 0 Å². The van der Waals surface area contributed by atoms with Crippen molar-refractivity contribution in [3.05, 3.63) is 77.1 Å². The Labute approximate surface area is 172 Å². The third kappa shape index (κ3) is 4.38. The van der Waals surface area contributed by atoms with Crippen LogP contribution in [0.2, 0.25) is 0 Å². The van der Waals surface area contributed by atoms with Gasteiger partial charge < -0.3 is 14.6 Å². The van der Waals surface area contributed by atoms with Crippen LogP contribution < -0.4 is 4.74 Å². The minimum Gasteiger partial charge on any atom is -0.489 e. The summed E-state index contributed by atoms with van der Waals surface area (Å²) in [5.74, 6) is 0.111. The van der Waals surface area contributed by atoms with Crippen LogP contribution in [-0.4, -0.2) is 16.7 Å². The number of aliphatic hydroxyl groups is 1. The molecule has 4 nitrogen and oxygen atoms in total. The van der Waals surface area contributed by atoms with Crippen LogP contribution in [0.25, 0.3) is 0 Å². The van der Waals surface area contributed by atoms with Crippen molar-refractivity contribution in [2.75, 3.05) is 0 Å². The lowest BCUT2D eigenvalue weighted by Gasteiger charge is -2.43. The maximum atomic E-state index is 12.9. The summed E-state index contributed by atoms with van der Waals surface area (Å²) < 4.78 is 11.7. The molecule has 1 aliphatic carbocycles. The lowest BCUT2D eigenvalue weighted by molar-refractivity contribution is -0.184. The van der Waals surface area contributed by atoms with E-state index in [0.717, 1.165) is 22.4 Å². The summed E-state index contributed by atoms with van der Waals surface area (Å²) in [6.07, 6.45) is 1.54. The number of carbonyl (C=O) groups is 1. The first-order chi connectivity index (χ1) is 13.7. The summed E-state index contributed by atoms with van der Waals surface area (Å²) in [5, 5.41) is 10.7. The summed E-state index contributed by atoms with van der Waals surface area (Å²) in [5.41, 5.74) is 2.69. The van der Waals surface area contributed by atoms with Crippen molar-refractivity contribution in [2.45, 2.75) is 58.3 Å². The Hall–Kier alpha value is -2.59. The number of rotatable bonds is 4. The Morgan fingerprint density at radius 3 is 2.41 bits per heavy atom. The molecule has 0 radical (unpaired) electrons. The van der Waals surface area contributed by atoms with Gasteiger partial charge in [0, 0.05) is 37.7 Å². The number of allylic oxidation sites excluding steroid dienone is 2. The first kappa shape index (κ1) is 19.7. The fourth-order valence-electron chi connectivity index (χ4n) is 4.37. The molecule has 2 aliphatic rings. The van der Waals surface area contributed by atoms with Crippen LogP contribution in [0.4, 0.5) is 0 Å². The average Bonchev–Trinajstić information content (AvgIpc) is 2.65. The Balaban J connectivity index is 1.57. The van der Waals surface area contributed by atoms with E-state index in [1.165, 1.54) is 0 Å². The summed E-state index contributed by atoms with van der Waals surface area (Å²) in [7, 11) is 0. The molecule has 29 heavy (non-hydrogen) atoms. The Kier molecular flexibility index (Phi) is 4.99. The topological polar surface area (TPSA) is 55.8 Å². The molecule has 0 saturated carbocycles. The molecular formula is C25H28O4. The van der Waals surface area contributed by atoms with E-state index in [2.05, 4.69) is 13.8 Å². The van der Waals surface area contributed by atoms with E-state index in [-0.39, 0.29) is 17.1 Å². The second kappa shape index (κ2) is 7.34. The van der Waals surface area contributed by atoms with Gasteiger partial charge in [-0.05, 0) is 28.7 Å². The smallest absolute Gasteiger partial charge is 0.205 e. The third-order valence-corrected chi connectivity index (χ3v) is 5.68. The van der Waals surface area contributed by atoms with E-state index < -0.39 is 5.79 Å². The minimum absolute atomic E-state index is 0.126. The second-order valence-corrected chi connectivity index (χ2v) is 9.15. The highest BCUT2D eigenvalue weighted by Crippen LogP contribution is 2.49. The largest absolute Gasteiger partial charge is 0.489 e. The molecular weight excluding hydrogens is 364 g/mol. The fraction of sp³-hybridized carbons (Fsp3) is 0.400. The van der Waals surface area contributed by atoms with Crippen LogP contribution >= 0.6 is 0 Å². The summed E-state index contributed by atoms with van der Waals surface area (Å²) in [4.78, 5) is 12.9. The van der Waals surface area contributed by atoms with E-state index >= 15 is 0 Å². The SMILES string of the molecule is CC1(C)CC(=O)C2=C(C1)OC(C)(O)C[C@@H]2c1ccc(OCc2ccccc2)cc1. The molecule has 152 valence electrons. The van der Waals surface area contributed by atoms with E-state index in [4.69, 9.17) is 9.47 Å². The van der Waals surface area contributed by atoms with Crippen molar-refractivity contribution < 1.29 is 19.4 Å². The Bertz CT molecular complexity index is 919. The lowest BCUT2D eigenvalue weighted by Crippen LogP contribution is -2.41. The highest BCUT2D eigenvalue weighted by atomic mass is 16.6. The van der Waals surface area contributed by atoms with Crippen LogP contribution in [-0.2, 0) is 16.1 Å². The third-order valence-electron chi connectivity index (χ3n) is 5.68. The van der Waals surface area contributed by atoms with E-state index in [0.29, 0.717) is 31.6 Å². The fourth-order valence-corrected chi connectivity index (χ4v) is 4.37. The number of benzene rings is 2. The van der Waals surface area contributed by atoms with E-state index in [1.54, 1.807) is 6.92 Å². The predicted octanol–water partition coefficient (Wildman–Crippen LogP) is 5.12. The molecule has 0 fully saturated rings. The van der Waals surface area contributed by atoms with Gasteiger partial charge in [-0.3, -0.25) is 4.79 Å². The van der Waals surface area contributed by atoms with Crippen molar-refractivity contribution in [2.24, 2.45) is 5.41 Å². The van der Waals surface area contributed by atoms with Gasteiger partial charge in [-0.2, -0.15) is 0 Å². The van der Waals surface area contributed by atoms with Gasteiger partial charge in [-0.1, -0.05) is 56.3 Å². The number of hydrogen-bond donors (Lipinski definition) is 1. The van der Waals surface area contributed by atoms with Crippen molar-refractivity contribution in [3.8, 4) is 5.75 Å². The summed E-state index contributed by atoms with van der Waals surface area (Å²) in [6.45, 7) is 6.31. The number of hydrogen-bond acceptors (Lipinski definition) is 4. The molecule has 0 amide bonds. The standard InChI is InChI=1S/C25H28O4/c1-24(2)14-21(26)23-20(13-25(3,27)29-22(23)15-24)18-9-11-19(12-10-18)28-16-17-7-5-4-6-8-17/h4-12,20,27H,13-16H2,1-3H3/t20-,25?/m1/s1. The highest BCUT2D eigenvalue weighted by molar-refractivity contribution is 5.98. The molecule has 1 unspecified atom stereocenters. The Morgan fingerprint density at radius 2 is 1.72 bits per heavy atom. The van der Waals surface area contributed by atoms with Gasteiger partial charge >= 0.3 is 0 Å². The zero-order valence-corrected chi connectivity index (χ0v) is 17.3. The normalized spacial score (nSPS) is 25.9. The maximum Gasteiger partial charge on any atom is 0.205 e. The first-order valence-corrected chi connectivity index (χ1v) is 10.2. The van der Waals surface area contributed by atoms with E-state index in [9.17, 15) is 9.90 Å². The Morgan fingerprint density at radius 1 is 1.03 bits per heavy atom. The number of carbonyl (C=O) groups excluding carboxylic acids is 1. The molecule has 1 heterocycles. The molecule has 2 aromatic carbocycles. The van der Waals surface area contributed by atoms with E-state index in [1.807, 2.05) is 54.6 Å². The van der Waals surface area contributed by atoms with Crippen molar-refractivity contribution in [1.82, 2.24) is 0 Å². The molecule has 0 bridgehead atoms. The minimum atomic E-state index is -1.28. The molecule has 2 atom stereocenters. The molecule has 4 rings (SSSR count). The highest BCUT2D eigenvalue weighted by Gasteiger charge is 2.45. The predicted molar refractivity (Wildman–Crippen MR) is 111 cm³/mol. The maximum absolute atomic E-state index is 12.9. The number of Topliss-reactive ketones (excluding diaryl/α,β-unsaturated/α-hetero) is 1. The lowest BCUT2D eigenvalue weighted by atomic mass is 9.70. The van der Waals surface area contributed by atoms with Crippen molar-refractivity contribution >= 4 is 5.78 Å². The molecule has 0 spiro atoms. The van der Waals surface area contributed by atoms with Gasteiger partial charge in [-0.15, -0.1) is 0 Å². The van der Waals surface area contributed by atoms with Crippen LogP contribution in [0.1, 0.15) is 57.1 Å². The summed E-state index contributed by atoms with van der Waals surface area (Å²) >= 11 is 0. The van der Waals surface area contributed by atoms with Crippen LogP contribution in [0.5, 0.6) is 5.75 Å². The van der Waals surface area contributed by atoms with Crippen molar-refractivity contribution in [3.63, 3.8) is 0 Å². The van der Waals surface area contributed by atoms with Gasteiger partial charge in [-0.25, -0.2) is 0 Å². The molecule has 2 aromatic rings. The van der Waals surface area contributed by atoms with Gasteiger partial charge in [0.25, 0.3) is 0 Å². The van der Waals surface area contributed by atoms with Gasteiger partial charge in [0.1, 0.15) is 18.1 Å². The second-order valence-electron chi connectivity index (χ2n) is 9.15. The zero-order chi connectivity index (χ0) is 20.6. The van der Waals surface area contributed by atoms with Crippen LogP contribution in [0.3, 0.4) is 0 Å². The number of ketones is 1. The molecule has 1 aliphatic heterocycles. The average molecular weight is 392 g/mol. The zero-order valence-electron chi connectivity index (χ0n) is 17.3. The molecule has 4 heteroatoms. The van der Waals surface area contributed by atoms with Crippen LogP contribution in [0.15, 0.2) is 65.9 Å². The molecule has 0 aromatic heterocycles. The monoisotopic (exact) mass is 392 g/mol. The van der Waals surface area contributed by atoms with Gasteiger partial charge in [0.05, 0.1) is 0 Å². The molecule has 1 N–H and O–H groups in total. The molecule has 0 saturated heterocycles. The van der Waals surface area contributed by atoms with Gasteiger partial charge in [0.2, 0.25) is 5.79 Å². The van der Waals surface area contributed by atoms with Crippen LogP contribution in [0, 0.1) is 5.41 Å².